The summed E-state index contributed by atoms with van der Waals surface area (Å²) in [7, 11) is 0. The van der Waals surface area contributed by atoms with E-state index in [2.05, 4.69) is 24.0 Å². The van der Waals surface area contributed by atoms with E-state index in [1.807, 2.05) is 38.1 Å². The molecule has 0 bridgehead atoms. The number of carbonyl (C=O) groups excluding carboxylic acids is 1. The van der Waals surface area contributed by atoms with Crippen LogP contribution in [-0.2, 0) is 13.0 Å². The molecule has 3 heterocycles. The second-order valence-corrected chi connectivity index (χ2v) is 7.70. The van der Waals surface area contributed by atoms with Crippen molar-refractivity contribution in [2.24, 2.45) is 0 Å². The number of hydrogen-bond acceptors (Lipinski definition) is 5. The molecule has 0 fully saturated rings. The lowest BCUT2D eigenvalue weighted by atomic mass is 10.2. The van der Waals surface area contributed by atoms with Crippen LogP contribution in [0, 0.1) is 13.8 Å². The molecule has 6 heteroatoms. The van der Waals surface area contributed by atoms with Gasteiger partial charge < -0.3 is 4.42 Å². The minimum atomic E-state index is -0.130. The van der Waals surface area contributed by atoms with Crippen LogP contribution in [0.5, 0.6) is 0 Å². The van der Waals surface area contributed by atoms with Crippen LogP contribution >= 0.6 is 11.3 Å². The van der Waals surface area contributed by atoms with Crippen LogP contribution < -0.4 is 4.90 Å². The first kappa shape index (κ1) is 18.4. The molecule has 0 radical (unpaired) electrons. The van der Waals surface area contributed by atoms with Crippen molar-refractivity contribution in [1.29, 1.82) is 0 Å². The van der Waals surface area contributed by atoms with E-state index < -0.39 is 0 Å². The number of amides is 1. The van der Waals surface area contributed by atoms with Gasteiger partial charge in [-0.1, -0.05) is 30.4 Å². The third-order valence-corrected chi connectivity index (χ3v) is 5.68. The SMILES string of the molecule is CCc1ccc2nc(N(Cc3ccccn3)C(=O)c3cc(C)oc3C)sc2c1. The van der Waals surface area contributed by atoms with Gasteiger partial charge in [0.05, 0.1) is 28.0 Å². The van der Waals surface area contributed by atoms with Crippen molar-refractivity contribution in [2.75, 3.05) is 4.90 Å². The maximum atomic E-state index is 13.4. The summed E-state index contributed by atoms with van der Waals surface area (Å²) < 4.78 is 6.66. The van der Waals surface area contributed by atoms with Gasteiger partial charge in [-0.2, -0.15) is 0 Å². The normalized spacial score (nSPS) is 11.1. The van der Waals surface area contributed by atoms with Crippen LogP contribution in [0.15, 0.2) is 53.1 Å². The second-order valence-electron chi connectivity index (χ2n) is 6.69. The molecule has 4 rings (SSSR count). The first-order valence-electron chi connectivity index (χ1n) is 9.23. The largest absolute Gasteiger partial charge is 0.466 e. The summed E-state index contributed by atoms with van der Waals surface area (Å²) in [6, 6.07) is 13.7. The van der Waals surface area contributed by atoms with Gasteiger partial charge in [0.25, 0.3) is 5.91 Å². The van der Waals surface area contributed by atoms with Gasteiger partial charge in [-0.15, -0.1) is 0 Å². The highest BCUT2D eigenvalue weighted by molar-refractivity contribution is 7.22. The summed E-state index contributed by atoms with van der Waals surface area (Å²) in [6.07, 6.45) is 2.70. The van der Waals surface area contributed by atoms with Gasteiger partial charge in [0.1, 0.15) is 11.5 Å². The van der Waals surface area contributed by atoms with Crippen LogP contribution in [-0.4, -0.2) is 15.9 Å². The summed E-state index contributed by atoms with van der Waals surface area (Å²) in [6.45, 7) is 6.13. The fourth-order valence-electron chi connectivity index (χ4n) is 3.16. The van der Waals surface area contributed by atoms with Crippen LogP contribution in [0.4, 0.5) is 5.13 Å². The van der Waals surface area contributed by atoms with Gasteiger partial charge in [-0.05, 0) is 56.2 Å². The van der Waals surface area contributed by atoms with E-state index in [4.69, 9.17) is 9.40 Å². The molecule has 0 aliphatic heterocycles. The maximum Gasteiger partial charge on any atom is 0.263 e. The first-order chi connectivity index (χ1) is 13.5. The van der Waals surface area contributed by atoms with E-state index in [1.54, 1.807) is 17.2 Å². The standard InChI is InChI=1S/C22H21N3O2S/c1-4-16-8-9-19-20(12-16)28-22(24-19)25(13-17-7-5-6-10-23-17)21(26)18-11-14(2)27-15(18)3/h5-12H,4,13H2,1-3H3. The number of anilines is 1. The van der Waals surface area contributed by atoms with Crippen molar-refractivity contribution in [3.63, 3.8) is 0 Å². The molecule has 3 aromatic heterocycles. The zero-order valence-electron chi connectivity index (χ0n) is 16.1. The first-order valence-corrected chi connectivity index (χ1v) is 10.0. The Morgan fingerprint density at radius 3 is 2.71 bits per heavy atom. The molecule has 1 aromatic carbocycles. The second kappa shape index (κ2) is 7.56. The zero-order valence-corrected chi connectivity index (χ0v) is 16.9. The van der Waals surface area contributed by atoms with Crippen LogP contribution in [0.2, 0.25) is 0 Å². The lowest BCUT2D eigenvalue weighted by Crippen LogP contribution is -2.30. The summed E-state index contributed by atoms with van der Waals surface area (Å²) in [4.78, 5) is 24.2. The molecule has 0 atom stereocenters. The Balaban J connectivity index is 1.78. The average molecular weight is 391 g/mol. The number of aryl methyl sites for hydroxylation is 3. The van der Waals surface area contributed by atoms with Gasteiger partial charge in [0.2, 0.25) is 0 Å². The lowest BCUT2D eigenvalue weighted by molar-refractivity contribution is 0.0983. The monoisotopic (exact) mass is 391 g/mol. The Kier molecular flexibility index (Phi) is 4.96. The van der Waals surface area contributed by atoms with Gasteiger partial charge in [-0.3, -0.25) is 14.7 Å². The zero-order chi connectivity index (χ0) is 19.7. The summed E-state index contributed by atoms with van der Waals surface area (Å²) in [5, 5.41) is 0.664. The Bertz CT molecular complexity index is 1130. The minimum Gasteiger partial charge on any atom is -0.466 e. The van der Waals surface area contributed by atoms with Gasteiger partial charge >= 0.3 is 0 Å². The fraction of sp³-hybridized carbons (Fsp3) is 0.227. The highest BCUT2D eigenvalue weighted by Crippen LogP contribution is 2.32. The smallest absolute Gasteiger partial charge is 0.263 e. The Hall–Kier alpha value is -2.99. The van der Waals surface area contributed by atoms with Crippen LogP contribution in [0.1, 0.15) is 40.1 Å². The number of nitrogens with zero attached hydrogens (tertiary/aromatic N) is 3. The predicted octanol–water partition coefficient (Wildman–Crippen LogP) is 5.31. The molecular formula is C22H21N3O2S. The molecule has 0 spiro atoms. The molecule has 0 saturated heterocycles. The third kappa shape index (κ3) is 3.55. The third-order valence-electron chi connectivity index (χ3n) is 4.64. The Morgan fingerprint density at radius 2 is 2.04 bits per heavy atom. The number of furan rings is 1. The van der Waals surface area contributed by atoms with Crippen molar-refractivity contribution in [3.8, 4) is 0 Å². The van der Waals surface area contributed by atoms with Gasteiger partial charge in [0.15, 0.2) is 5.13 Å². The molecule has 28 heavy (non-hydrogen) atoms. The fourth-order valence-corrected chi connectivity index (χ4v) is 4.19. The predicted molar refractivity (Wildman–Crippen MR) is 112 cm³/mol. The van der Waals surface area contributed by atoms with Crippen molar-refractivity contribution >= 4 is 32.6 Å². The number of rotatable bonds is 5. The summed E-state index contributed by atoms with van der Waals surface area (Å²) >= 11 is 1.53. The molecule has 0 unspecified atom stereocenters. The number of carbonyl (C=O) groups is 1. The number of thiazole rings is 1. The van der Waals surface area contributed by atoms with Crippen LogP contribution in [0.25, 0.3) is 10.2 Å². The molecule has 4 aromatic rings. The number of fused-ring (bicyclic) bond motifs is 1. The van der Waals surface area contributed by atoms with E-state index in [-0.39, 0.29) is 5.91 Å². The number of aromatic nitrogens is 2. The van der Waals surface area contributed by atoms with E-state index in [0.29, 0.717) is 23.0 Å². The van der Waals surface area contributed by atoms with E-state index in [0.717, 1.165) is 28.1 Å². The molecule has 0 saturated carbocycles. The van der Waals surface area contributed by atoms with Crippen molar-refractivity contribution in [1.82, 2.24) is 9.97 Å². The topological polar surface area (TPSA) is 59.2 Å². The molecule has 0 aliphatic rings. The van der Waals surface area contributed by atoms with Crippen molar-refractivity contribution in [3.05, 3.63) is 77.0 Å². The van der Waals surface area contributed by atoms with Crippen molar-refractivity contribution in [2.45, 2.75) is 33.7 Å². The number of benzene rings is 1. The van der Waals surface area contributed by atoms with Crippen molar-refractivity contribution < 1.29 is 9.21 Å². The van der Waals surface area contributed by atoms with E-state index in [9.17, 15) is 4.79 Å². The molecule has 142 valence electrons. The van der Waals surface area contributed by atoms with Crippen LogP contribution in [0.3, 0.4) is 0 Å². The summed E-state index contributed by atoms with van der Waals surface area (Å²) in [5.74, 6) is 1.20. The van der Waals surface area contributed by atoms with Gasteiger partial charge in [0, 0.05) is 6.20 Å². The highest BCUT2D eigenvalue weighted by Gasteiger charge is 2.25. The molecular weight excluding hydrogens is 370 g/mol. The number of pyridine rings is 1. The highest BCUT2D eigenvalue weighted by atomic mass is 32.1. The molecule has 0 aliphatic carbocycles. The maximum absolute atomic E-state index is 13.4. The van der Waals surface area contributed by atoms with Gasteiger partial charge in [-0.25, -0.2) is 4.98 Å². The molecule has 0 N–H and O–H groups in total. The van der Waals surface area contributed by atoms with E-state index >= 15 is 0 Å². The quantitative estimate of drug-likeness (QED) is 0.462. The molecule has 1 amide bonds. The molecule has 5 nitrogen and oxygen atoms in total. The summed E-state index contributed by atoms with van der Waals surface area (Å²) in [5.41, 5.74) is 3.52. The number of hydrogen-bond donors (Lipinski definition) is 0. The average Bonchev–Trinajstić information content (AvgIpc) is 3.27. The Labute approximate surface area is 167 Å². The minimum absolute atomic E-state index is 0.130. The lowest BCUT2D eigenvalue weighted by Gasteiger charge is -2.19. The van der Waals surface area contributed by atoms with E-state index in [1.165, 1.54) is 16.9 Å². The Morgan fingerprint density at radius 1 is 1.18 bits per heavy atom.